The average Bonchev–Trinajstić information content (AvgIpc) is 2.80. The minimum atomic E-state index is -0.488. The van der Waals surface area contributed by atoms with Crippen LogP contribution < -0.4 is 5.73 Å². The molecule has 5 heteroatoms. The molecule has 0 spiro atoms. The molecule has 1 heterocycles. The minimum absolute atomic E-state index is 0.165. The summed E-state index contributed by atoms with van der Waals surface area (Å²) in [7, 11) is 0. The Labute approximate surface area is 98.2 Å². The maximum atomic E-state index is 11.4. The molecule has 1 aromatic carbocycles. The molecule has 5 nitrogen and oxygen atoms in total. The van der Waals surface area contributed by atoms with E-state index in [4.69, 9.17) is 15.0 Å². The number of nitrogen functional groups attached to an aromatic ring is 1. The largest absolute Gasteiger partial charge is 0.461 e. The molecule has 0 saturated carbocycles. The van der Waals surface area contributed by atoms with Crippen molar-refractivity contribution in [3.8, 4) is 11.3 Å². The predicted molar refractivity (Wildman–Crippen MR) is 62.3 cm³/mol. The molecule has 0 fully saturated rings. The molecule has 0 aliphatic rings. The lowest BCUT2D eigenvalue weighted by Gasteiger charge is -1.95. The second-order valence-corrected chi connectivity index (χ2v) is 3.42. The summed E-state index contributed by atoms with van der Waals surface area (Å²) in [6.07, 6.45) is 0. The summed E-state index contributed by atoms with van der Waals surface area (Å²) in [6, 6.07) is 8.64. The van der Waals surface area contributed by atoms with Gasteiger partial charge in [0.2, 0.25) is 0 Å². The number of aromatic nitrogens is 1. The molecule has 0 amide bonds. The highest BCUT2D eigenvalue weighted by molar-refractivity contribution is 5.88. The van der Waals surface area contributed by atoms with Crippen molar-refractivity contribution < 1.29 is 14.1 Å². The highest BCUT2D eigenvalue weighted by Gasteiger charge is 2.14. The highest BCUT2D eigenvalue weighted by Crippen LogP contribution is 2.21. The number of nitrogens with zero attached hydrogens (tertiary/aromatic N) is 1. The molecule has 2 rings (SSSR count). The lowest BCUT2D eigenvalue weighted by molar-refractivity contribution is 0.0514. The number of esters is 1. The van der Waals surface area contributed by atoms with Crippen LogP contribution in [0.3, 0.4) is 0 Å². The average molecular weight is 232 g/mol. The first-order chi connectivity index (χ1) is 8.20. The zero-order chi connectivity index (χ0) is 12.3. The van der Waals surface area contributed by atoms with Crippen LogP contribution in [0.1, 0.15) is 17.4 Å². The SMILES string of the molecule is CCOC(=O)c1cc(-c2ccc(N)cc2)on1. The summed E-state index contributed by atoms with van der Waals surface area (Å²) in [6.45, 7) is 2.04. The van der Waals surface area contributed by atoms with Crippen LogP contribution in [0.25, 0.3) is 11.3 Å². The molecule has 2 aromatic rings. The Kier molecular flexibility index (Phi) is 3.09. The summed E-state index contributed by atoms with van der Waals surface area (Å²) in [5.41, 5.74) is 7.22. The van der Waals surface area contributed by atoms with Crippen LogP contribution in [0, 0.1) is 0 Å². The first kappa shape index (κ1) is 11.2. The summed E-state index contributed by atoms with van der Waals surface area (Å²) >= 11 is 0. The van der Waals surface area contributed by atoms with Crippen molar-refractivity contribution in [1.82, 2.24) is 5.16 Å². The van der Waals surface area contributed by atoms with Gasteiger partial charge in [0, 0.05) is 17.3 Å². The Morgan fingerprint density at radius 3 is 2.76 bits per heavy atom. The smallest absolute Gasteiger partial charge is 0.360 e. The normalized spacial score (nSPS) is 10.2. The Morgan fingerprint density at radius 2 is 2.12 bits per heavy atom. The van der Waals surface area contributed by atoms with E-state index in [9.17, 15) is 4.79 Å². The van der Waals surface area contributed by atoms with Gasteiger partial charge in [0.25, 0.3) is 0 Å². The fraction of sp³-hybridized carbons (Fsp3) is 0.167. The second-order valence-electron chi connectivity index (χ2n) is 3.42. The fourth-order valence-electron chi connectivity index (χ4n) is 1.36. The van der Waals surface area contributed by atoms with Crippen molar-refractivity contribution >= 4 is 11.7 Å². The first-order valence-electron chi connectivity index (χ1n) is 5.20. The lowest BCUT2D eigenvalue weighted by Crippen LogP contribution is -2.04. The van der Waals surface area contributed by atoms with Gasteiger partial charge in [-0.05, 0) is 31.2 Å². The van der Waals surface area contributed by atoms with E-state index in [1.807, 2.05) is 0 Å². The van der Waals surface area contributed by atoms with E-state index < -0.39 is 5.97 Å². The molecule has 0 aliphatic heterocycles. The molecular formula is C12H12N2O3. The van der Waals surface area contributed by atoms with E-state index in [1.165, 1.54) is 0 Å². The maximum absolute atomic E-state index is 11.4. The zero-order valence-electron chi connectivity index (χ0n) is 9.34. The quantitative estimate of drug-likeness (QED) is 0.647. The number of anilines is 1. The van der Waals surface area contributed by atoms with Crippen LogP contribution in [0.5, 0.6) is 0 Å². The van der Waals surface area contributed by atoms with Crippen LogP contribution in [-0.2, 0) is 4.74 Å². The summed E-state index contributed by atoms with van der Waals surface area (Å²) < 4.78 is 9.88. The van der Waals surface area contributed by atoms with Gasteiger partial charge in [-0.2, -0.15) is 0 Å². The summed E-state index contributed by atoms with van der Waals surface area (Å²) in [5, 5.41) is 3.65. The van der Waals surface area contributed by atoms with Gasteiger partial charge in [0.1, 0.15) is 0 Å². The number of benzene rings is 1. The number of rotatable bonds is 3. The third-order valence-corrected chi connectivity index (χ3v) is 2.19. The molecule has 0 unspecified atom stereocenters. The number of nitrogens with two attached hydrogens (primary N) is 1. The molecule has 17 heavy (non-hydrogen) atoms. The van der Waals surface area contributed by atoms with Gasteiger partial charge in [-0.3, -0.25) is 0 Å². The van der Waals surface area contributed by atoms with Crippen molar-refractivity contribution in [2.45, 2.75) is 6.92 Å². The molecule has 2 N–H and O–H groups in total. The molecule has 88 valence electrons. The molecular weight excluding hydrogens is 220 g/mol. The first-order valence-corrected chi connectivity index (χ1v) is 5.20. The molecule has 1 aromatic heterocycles. The standard InChI is InChI=1S/C12H12N2O3/c1-2-16-12(15)10-7-11(17-14-10)8-3-5-9(13)6-4-8/h3-7H,2,13H2,1H3. The van der Waals surface area contributed by atoms with Crippen molar-refractivity contribution in [2.24, 2.45) is 0 Å². The van der Waals surface area contributed by atoms with Gasteiger partial charge in [-0.25, -0.2) is 4.79 Å². The van der Waals surface area contributed by atoms with E-state index in [2.05, 4.69) is 5.16 Å². The van der Waals surface area contributed by atoms with Crippen LogP contribution in [0.2, 0.25) is 0 Å². The number of carbonyl (C=O) groups excluding carboxylic acids is 1. The van der Waals surface area contributed by atoms with E-state index in [0.29, 0.717) is 18.1 Å². The fourth-order valence-corrected chi connectivity index (χ4v) is 1.36. The Balaban J connectivity index is 2.23. The Hall–Kier alpha value is -2.30. The van der Waals surface area contributed by atoms with Gasteiger partial charge in [-0.15, -0.1) is 0 Å². The maximum Gasteiger partial charge on any atom is 0.360 e. The van der Waals surface area contributed by atoms with Crippen LogP contribution >= 0.6 is 0 Å². The molecule has 0 aliphatic carbocycles. The van der Waals surface area contributed by atoms with Crippen molar-refractivity contribution in [2.75, 3.05) is 12.3 Å². The van der Waals surface area contributed by atoms with E-state index in [0.717, 1.165) is 5.56 Å². The van der Waals surface area contributed by atoms with Crippen LogP contribution in [0.4, 0.5) is 5.69 Å². The number of hydrogen-bond donors (Lipinski definition) is 1. The number of carbonyl (C=O) groups is 1. The van der Waals surface area contributed by atoms with Gasteiger partial charge < -0.3 is 15.0 Å². The third kappa shape index (κ3) is 2.44. The van der Waals surface area contributed by atoms with E-state index in [1.54, 1.807) is 37.3 Å². The monoisotopic (exact) mass is 232 g/mol. The van der Waals surface area contributed by atoms with Gasteiger partial charge in [-0.1, -0.05) is 5.16 Å². The lowest BCUT2D eigenvalue weighted by atomic mass is 10.1. The number of ether oxygens (including phenoxy) is 1. The predicted octanol–water partition coefficient (Wildman–Crippen LogP) is 2.10. The van der Waals surface area contributed by atoms with Gasteiger partial charge in [0.15, 0.2) is 11.5 Å². The topological polar surface area (TPSA) is 78.4 Å². The molecule has 0 atom stereocenters. The van der Waals surface area contributed by atoms with E-state index >= 15 is 0 Å². The zero-order valence-corrected chi connectivity index (χ0v) is 9.34. The highest BCUT2D eigenvalue weighted by atomic mass is 16.5. The number of hydrogen-bond acceptors (Lipinski definition) is 5. The van der Waals surface area contributed by atoms with Crippen molar-refractivity contribution in [3.05, 3.63) is 36.0 Å². The third-order valence-electron chi connectivity index (χ3n) is 2.19. The van der Waals surface area contributed by atoms with Gasteiger partial charge in [0.05, 0.1) is 6.61 Å². The molecule has 0 bridgehead atoms. The Morgan fingerprint density at radius 1 is 1.41 bits per heavy atom. The van der Waals surface area contributed by atoms with Gasteiger partial charge >= 0.3 is 5.97 Å². The molecule has 0 saturated heterocycles. The molecule has 0 radical (unpaired) electrons. The van der Waals surface area contributed by atoms with Crippen LogP contribution in [0.15, 0.2) is 34.9 Å². The Bertz CT molecular complexity index is 517. The summed E-state index contributed by atoms with van der Waals surface area (Å²) in [5.74, 6) is 0.0194. The van der Waals surface area contributed by atoms with Crippen LogP contribution in [-0.4, -0.2) is 17.7 Å². The summed E-state index contributed by atoms with van der Waals surface area (Å²) in [4.78, 5) is 11.4. The van der Waals surface area contributed by atoms with Crippen molar-refractivity contribution in [3.63, 3.8) is 0 Å². The second kappa shape index (κ2) is 4.69. The minimum Gasteiger partial charge on any atom is -0.461 e. The van der Waals surface area contributed by atoms with Crippen molar-refractivity contribution in [1.29, 1.82) is 0 Å². The van der Waals surface area contributed by atoms with E-state index in [-0.39, 0.29) is 5.69 Å².